The van der Waals surface area contributed by atoms with Gasteiger partial charge in [0.2, 0.25) is 5.88 Å². The van der Waals surface area contributed by atoms with Gasteiger partial charge in [-0.2, -0.15) is 0 Å². The summed E-state index contributed by atoms with van der Waals surface area (Å²) in [6.07, 6.45) is 3.28. The van der Waals surface area contributed by atoms with Crippen LogP contribution in [0.3, 0.4) is 0 Å². The van der Waals surface area contributed by atoms with Crippen LogP contribution in [0.1, 0.15) is 30.5 Å². The molecule has 0 radical (unpaired) electrons. The SMILES string of the molecule is Cc1ccc(/C(=N/O)N2CCCCC2)c(Oc2cccc(F)c2)n1. The number of rotatable bonds is 3. The van der Waals surface area contributed by atoms with Crippen LogP contribution in [-0.2, 0) is 0 Å². The molecule has 0 spiro atoms. The van der Waals surface area contributed by atoms with Gasteiger partial charge >= 0.3 is 0 Å². The van der Waals surface area contributed by atoms with E-state index < -0.39 is 0 Å². The van der Waals surface area contributed by atoms with Crippen molar-refractivity contribution >= 4 is 5.84 Å². The van der Waals surface area contributed by atoms with Crippen molar-refractivity contribution in [2.75, 3.05) is 13.1 Å². The van der Waals surface area contributed by atoms with Gasteiger partial charge in [0, 0.05) is 24.8 Å². The second-order valence-corrected chi connectivity index (χ2v) is 5.84. The molecule has 1 saturated heterocycles. The summed E-state index contributed by atoms with van der Waals surface area (Å²) in [5.74, 6) is 0.714. The fourth-order valence-electron chi connectivity index (χ4n) is 2.82. The minimum atomic E-state index is -0.381. The largest absolute Gasteiger partial charge is 0.438 e. The molecule has 0 bridgehead atoms. The molecule has 126 valence electrons. The molecule has 1 N–H and O–H groups in total. The number of oxime groups is 1. The molecule has 2 aromatic rings. The Morgan fingerprint density at radius 2 is 2.00 bits per heavy atom. The third-order valence-corrected chi connectivity index (χ3v) is 4.00. The number of amidine groups is 1. The average Bonchev–Trinajstić information content (AvgIpc) is 2.58. The smallest absolute Gasteiger partial charge is 0.230 e. The van der Waals surface area contributed by atoms with E-state index in [1.807, 2.05) is 24.0 Å². The van der Waals surface area contributed by atoms with Crippen molar-refractivity contribution in [3.05, 3.63) is 53.5 Å². The van der Waals surface area contributed by atoms with Gasteiger partial charge in [-0.3, -0.25) is 0 Å². The lowest BCUT2D eigenvalue weighted by molar-refractivity contribution is 0.285. The first-order valence-electron chi connectivity index (χ1n) is 8.06. The molecular formula is C18H20FN3O2. The van der Waals surface area contributed by atoms with Gasteiger partial charge in [0.1, 0.15) is 11.6 Å². The minimum Gasteiger partial charge on any atom is -0.438 e. The number of hydrogen-bond acceptors (Lipinski definition) is 4. The fourth-order valence-corrected chi connectivity index (χ4v) is 2.82. The van der Waals surface area contributed by atoms with Crippen LogP contribution >= 0.6 is 0 Å². The zero-order valence-electron chi connectivity index (χ0n) is 13.6. The van der Waals surface area contributed by atoms with Gasteiger partial charge in [-0.05, 0) is 50.5 Å². The molecule has 5 nitrogen and oxygen atoms in total. The third-order valence-electron chi connectivity index (χ3n) is 4.00. The number of ether oxygens (including phenoxy) is 1. The van der Waals surface area contributed by atoms with Gasteiger partial charge in [0.05, 0.1) is 5.56 Å². The Hall–Kier alpha value is -2.63. The van der Waals surface area contributed by atoms with Crippen LogP contribution in [0.25, 0.3) is 0 Å². The summed E-state index contributed by atoms with van der Waals surface area (Å²) < 4.78 is 19.2. The monoisotopic (exact) mass is 329 g/mol. The molecule has 0 amide bonds. The molecule has 24 heavy (non-hydrogen) atoms. The maximum atomic E-state index is 13.4. The molecule has 1 aliphatic heterocycles. The summed E-state index contributed by atoms with van der Waals surface area (Å²) in [5.41, 5.74) is 1.36. The molecule has 1 aromatic heterocycles. The highest BCUT2D eigenvalue weighted by Crippen LogP contribution is 2.26. The third kappa shape index (κ3) is 3.64. The van der Waals surface area contributed by atoms with Gasteiger partial charge in [0.15, 0.2) is 5.84 Å². The number of benzene rings is 1. The lowest BCUT2D eigenvalue weighted by Crippen LogP contribution is -2.36. The van der Waals surface area contributed by atoms with Gasteiger partial charge in [-0.1, -0.05) is 11.2 Å². The Morgan fingerprint density at radius 3 is 2.71 bits per heavy atom. The molecule has 1 aromatic carbocycles. The molecule has 2 heterocycles. The van der Waals surface area contributed by atoms with Crippen LogP contribution in [0.4, 0.5) is 4.39 Å². The normalized spacial score (nSPS) is 15.4. The lowest BCUT2D eigenvalue weighted by atomic mass is 10.1. The molecule has 1 aliphatic rings. The van der Waals surface area contributed by atoms with E-state index in [9.17, 15) is 9.60 Å². The molecular weight excluding hydrogens is 309 g/mol. The quantitative estimate of drug-likeness (QED) is 0.401. The van der Waals surface area contributed by atoms with E-state index in [1.54, 1.807) is 12.1 Å². The van der Waals surface area contributed by atoms with Crippen molar-refractivity contribution in [2.45, 2.75) is 26.2 Å². The van der Waals surface area contributed by atoms with E-state index in [4.69, 9.17) is 4.74 Å². The van der Waals surface area contributed by atoms with Crippen molar-refractivity contribution in [1.29, 1.82) is 0 Å². The van der Waals surface area contributed by atoms with Crippen molar-refractivity contribution in [3.63, 3.8) is 0 Å². The highest BCUT2D eigenvalue weighted by molar-refractivity contribution is 6.00. The number of hydrogen-bond donors (Lipinski definition) is 1. The molecule has 1 fully saturated rings. The van der Waals surface area contributed by atoms with Crippen LogP contribution in [0.5, 0.6) is 11.6 Å². The maximum absolute atomic E-state index is 13.4. The molecule has 0 unspecified atom stereocenters. The number of likely N-dealkylation sites (tertiary alicyclic amines) is 1. The summed E-state index contributed by atoms with van der Waals surface area (Å²) >= 11 is 0. The first-order valence-corrected chi connectivity index (χ1v) is 8.06. The number of aromatic nitrogens is 1. The summed E-state index contributed by atoms with van der Waals surface area (Å²) in [7, 11) is 0. The summed E-state index contributed by atoms with van der Waals surface area (Å²) in [4.78, 5) is 6.42. The van der Waals surface area contributed by atoms with E-state index in [0.717, 1.165) is 31.6 Å². The number of pyridine rings is 1. The standard InChI is InChI=1S/C18H20FN3O2/c1-13-8-9-16(17(21-23)22-10-3-2-4-11-22)18(20-13)24-15-7-5-6-14(19)12-15/h5-9,12,23H,2-4,10-11H2,1H3/b21-17-. The number of nitrogens with zero attached hydrogens (tertiary/aromatic N) is 3. The van der Waals surface area contributed by atoms with E-state index in [2.05, 4.69) is 10.1 Å². The Bertz CT molecular complexity index is 743. The van der Waals surface area contributed by atoms with Crippen LogP contribution < -0.4 is 4.74 Å². The molecule has 0 aliphatic carbocycles. The predicted octanol–water partition coefficient (Wildman–Crippen LogP) is 3.94. The van der Waals surface area contributed by atoms with Crippen LogP contribution in [0.2, 0.25) is 0 Å². The zero-order chi connectivity index (χ0) is 16.9. The van der Waals surface area contributed by atoms with Crippen LogP contribution in [-0.4, -0.2) is 34.0 Å². The molecule has 6 heteroatoms. The topological polar surface area (TPSA) is 58.0 Å². The van der Waals surface area contributed by atoms with Gasteiger partial charge in [-0.25, -0.2) is 9.37 Å². The van der Waals surface area contributed by atoms with Crippen molar-refractivity contribution in [3.8, 4) is 11.6 Å². The Labute approximate surface area is 140 Å². The first-order chi connectivity index (χ1) is 11.7. The highest BCUT2D eigenvalue weighted by atomic mass is 19.1. The van der Waals surface area contributed by atoms with Crippen molar-refractivity contribution < 1.29 is 14.3 Å². The van der Waals surface area contributed by atoms with Crippen molar-refractivity contribution in [2.24, 2.45) is 5.16 Å². The van der Waals surface area contributed by atoms with Crippen LogP contribution in [0, 0.1) is 12.7 Å². The Kier molecular flexibility index (Phi) is 4.93. The zero-order valence-corrected chi connectivity index (χ0v) is 13.6. The Balaban J connectivity index is 1.95. The second kappa shape index (κ2) is 7.29. The first kappa shape index (κ1) is 16.2. The molecule has 0 atom stereocenters. The highest BCUT2D eigenvalue weighted by Gasteiger charge is 2.22. The lowest BCUT2D eigenvalue weighted by Gasteiger charge is -2.29. The van der Waals surface area contributed by atoms with E-state index in [-0.39, 0.29) is 5.82 Å². The van der Waals surface area contributed by atoms with E-state index in [0.29, 0.717) is 23.0 Å². The molecule has 3 rings (SSSR count). The maximum Gasteiger partial charge on any atom is 0.230 e. The fraction of sp³-hybridized carbons (Fsp3) is 0.333. The number of aryl methyl sites for hydroxylation is 1. The predicted molar refractivity (Wildman–Crippen MR) is 89.2 cm³/mol. The Morgan fingerprint density at radius 1 is 1.21 bits per heavy atom. The van der Waals surface area contributed by atoms with Crippen LogP contribution in [0.15, 0.2) is 41.6 Å². The number of halogens is 1. The van der Waals surface area contributed by atoms with Gasteiger partial charge in [0.25, 0.3) is 0 Å². The second-order valence-electron chi connectivity index (χ2n) is 5.84. The summed E-state index contributed by atoms with van der Waals surface area (Å²) in [6, 6.07) is 9.54. The summed E-state index contributed by atoms with van der Waals surface area (Å²) in [6.45, 7) is 3.50. The van der Waals surface area contributed by atoms with E-state index >= 15 is 0 Å². The average molecular weight is 329 g/mol. The number of piperidine rings is 1. The van der Waals surface area contributed by atoms with E-state index in [1.165, 1.54) is 18.6 Å². The van der Waals surface area contributed by atoms with Crippen molar-refractivity contribution in [1.82, 2.24) is 9.88 Å². The van der Waals surface area contributed by atoms with Gasteiger partial charge < -0.3 is 14.8 Å². The molecule has 0 saturated carbocycles. The minimum absolute atomic E-state index is 0.305. The summed E-state index contributed by atoms with van der Waals surface area (Å²) in [5, 5.41) is 13.0. The van der Waals surface area contributed by atoms with Gasteiger partial charge in [-0.15, -0.1) is 0 Å².